The van der Waals surface area contributed by atoms with Gasteiger partial charge < -0.3 is 11.1 Å². The van der Waals surface area contributed by atoms with E-state index in [-0.39, 0.29) is 10.6 Å². The Morgan fingerprint density at radius 2 is 2.05 bits per heavy atom. The number of anilines is 1. The lowest BCUT2D eigenvalue weighted by Crippen LogP contribution is -2.52. The van der Waals surface area contributed by atoms with E-state index in [9.17, 15) is 13.2 Å². The minimum atomic E-state index is -4.41. The second kappa shape index (κ2) is 6.05. The largest absolute Gasteiger partial charge is 0.416 e. The van der Waals surface area contributed by atoms with Crippen molar-refractivity contribution < 1.29 is 13.2 Å². The molecule has 2 unspecified atom stereocenters. The Labute approximate surface area is 127 Å². The highest BCUT2D eigenvalue weighted by Crippen LogP contribution is 2.38. The molecule has 0 amide bonds. The topological polar surface area (TPSA) is 38.0 Å². The van der Waals surface area contributed by atoms with Crippen molar-refractivity contribution in [3.63, 3.8) is 0 Å². The van der Waals surface area contributed by atoms with Crippen molar-refractivity contribution in [2.75, 3.05) is 11.9 Å². The molecule has 0 bridgehead atoms. The maximum absolute atomic E-state index is 12.9. The number of nitrogens with one attached hydrogen (secondary N) is 1. The van der Waals surface area contributed by atoms with Crippen LogP contribution in [0.25, 0.3) is 0 Å². The molecule has 1 aromatic carbocycles. The molecule has 1 saturated carbocycles. The summed E-state index contributed by atoms with van der Waals surface area (Å²) in [4.78, 5) is 0. The predicted molar refractivity (Wildman–Crippen MR) is 79.5 cm³/mol. The fourth-order valence-corrected chi connectivity index (χ4v) is 3.30. The van der Waals surface area contributed by atoms with Gasteiger partial charge in [0.15, 0.2) is 0 Å². The lowest BCUT2D eigenvalue weighted by atomic mass is 9.73. The van der Waals surface area contributed by atoms with E-state index in [0.29, 0.717) is 18.2 Å². The Balaban J connectivity index is 2.31. The fourth-order valence-electron chi connectivity index (χ4n) is 3.07. The van der Waals surface area contributed by atoms with Crippen molar-refractivity contribution in [2.24, 2.45) is 11.7 Å². The van der Waals surface area contributed by atoms with Gasteiger partial charge in [0.05, 0.1) is 11.1 Å². The minimum absolute atomic E-state index is 0.0722. The molecule has 1 aliphatic carbocycles. The highest BCUT2D eigenvalue weighted by atomic mass is 35.5. The Hall–Kier alpha value is -0.940. The first-order valence-corrected chi connectivity index (χ1v) is 7.51. The van der Waals surface area contributed by atoms with Crippen LogP contribution in [0.4, 0.5) is 18.9 Å². The third-order valence-corrected chi connectivity index (χ3v) is 4.65. The third kappa shape index (κ3) is 3.64. The summed E-state index contributed by atoms with van der Waals surface area (Å²) in [7, 11) is 0. The van der Waals surface area contributed by atoms with Gasteiger partial charge in [-0.1, -0.05) is 31.4 Å². The van der Waals surface area contributed by atoms with Gasteiger partial charge in [-0.25, -0.2) is 0 Å². The first-order valence-electron chi connectivity index (χ1n) is 7.13. The first-order chi connectivity index (χ1) is 9.77. The summed E-state index contributed by atoms with van der Waals surface area (Å²) in [6.07, 6.45) is -0.361. The number of nitrogens with two attached hydrogens (primary N) is 1. The number of rotatable bonds is 3. The van der Waals surface area contributed by atoms with Gasteiger partial charge in [-0.2, -0.15) is 13.2 Å². The number of hydrogen-bond donors (Lipinski definition) is 2. The SMILES string of the molecule is CC1CCCCC1(CN)Nc1cc(Cl)cc(C(F)(F)F)c1. The van der Waals surface area contributed by atoms with Gasteiger partial charge in [0.25, 0.3) is 0 Å². The molecule has 3 N–H and O–H groups in total. The van der Waals surface area contributed by atoms with Crippen molar-refractivity contribution in [3.05, 3.63) is 28.8 Å². The van der Waals surface area contributed by atoms with E-state index < -0.39 is 11.7 Å². The molecular weight excluding hydrogens is 301 g/mol. The third-order valence-electron chi connectivity index (χ3n) is 4.44. The monoisotopic (exact) mass is 320 g/mol. The molecule has 6 heteroatoms. The quantitative estimate of drug-likeness (QED) is 0.848. The molecule has 0 saturated heterocycles. The van der Waals surface area contributed by atoms with Gasteiger partial charge in [0.1, 0.15) is 0 Å². The molecule has 2 nitrogen and oxygen atoms in total. The van der Waals surface area contributed by atoms with Gasteiger partial charge in [0.2, 0.25) is 0 Å². The van der Waals surface area contributed by atoms with E-state index in [4.69, 9.17) is 17.3 Å². The zero-order chi connectivity index (χ0) is 15.7. The van der Waals surface area contributed by atoms with Crippen LogP contribution in [0.1, 0.15) is 38.2 Å². The fraction of sp³-hybridized carbons (Fsp3) is 0.600. The lowest BCUT2D eigenvalue weighted by Gasteiger charge is -2.43. The summed E-state index contributed by atoms with van der Waals surface area (Å²) >= 11 is 5.83. The van der Waals surface area contributed by atoms with Gasteiger partial charge in [-0.3, -0.25) is 0 Å². The normalized spacial score (nSPS) is 26.7. The zero-order valence-electron chi connectivity index (χ0n) is 11.9. The molecule has 0 aromatic heterocycles. The smallest absolute Gasteiger partial charge is 0.378 e. The molecule has 0 radical (unpaired) electrons. The predicted octanol–water partition coefficient (Wildman–Crippen LogP) is 4.68. The van der Waals surface area contributed by atoms with E-state index in [2.05, 4.69) is 12.2 Å². The van der Waals surface area contributed by atoms with Crippen LogP contribution >= 0.6 is 11.6 Å². The molecule has 2 rings (SSSR count). The van der Waals surface area contributed by atoms with E-state index in [0.717, 1.165) is 37.8 Å². The number of hydrogen-bond acceptors (Lipinski definition) is 2. The molecule has 1 fully saturated rings. The first kappa shape index (κ1) is 16.4. The highest BCUT2D eigenvalue weighted by Gasteiger charge is 2.37. The minimum Gasteiger partial charge on any atom is -0.378 e. The van der Waals surface area contributed by atoms with Crippen molar-refractivity contribution in [1.82, 2.24) is 0 Å². The summed E-state index contributed by atoms with van der Waals surface area (Å²) in [5.74, 6) is 0.310. The molecule has 0 spiro atoms. The summed E-state index contributed by atoms with van der Waals surface area (Å²) in [5, 5.41) is 3.31. The van der Waals surface area contributed by atoms with E-state index >= 15 is 0 Å². The number of halogens is 4. The molecule has 2 atom stereocenters. The van der Waals surface area contributed by atoms with Gasteiger partial charge in [-0.05, 0) is 37.0 Å². The van der Waals surface area contributed by atoms with Crippen LogP contribution in [0.3, 0.4) is 0 Å². The van der Waals surface area contributed by atoms with Crippen LogP contribution < -0.4 is 11.1 Å². The molecule has 0 aliphatic heterocycles. The van der Waals surface area contributed by atoms with Crippen LogP contribution in [-0.2, 0) is 6.18 Å². The summed E-state index contributed by atoms with van der Waals surface area (Å²) < 4.78 is 38.6. The average Bonchev–Trinajstić information content (AvgIpc) is 2.40. The van der Waals surface area contributed by atoms with Crippen molar-refractivity contribution in [3.8, 4) is 0 Å². The Morgan fingerprint density at radius 1 is 1.33 bits per heavy atom. The molecular formula is C15H20ClF3N2. The van der Waals surface area contributed by atoms with Crippen molar-refractivity contribution in [2.45, 2.75) is 44.3 Å². The number of alkyl halides is 3. The van der Waals surface area contributed by atoms with Crippen molar-refractivity contribution in [1.29, 1.82) is 0 Å². The second-order valence-electron chi connectivity index (χ2n) is 5.86. The van der Waals surface area contributed by atoms with Gasteiger partial charge in [0, 0.05) is 17.3 Å². The standard InChI is InChI=1S/C15H20ClF3N2/c1-10-4-2-3-5-14(10,9-20)21-13-7-11(15(17,18)19)6-12(16)8-13/h6-8,10,21H,2-5,9,20H2,1H3. The molecule has 1 aromatic rings. The maximum atomic E-state index is 12.9. The number of benzene rings is 1. The highest BCUT2D eigenvalue weighted by molar-refractivity contribution is 6.30. The van der Waals surface area contributed by atoms with Crippen LogP contribution in [0.5, 0.6) is 0 Å². The second-order valence-corrected chi connectivity index (χ2v) is 6.29. The van der Waals surface area contributed by atoms with E-state index in [1.807, 2.05) is 0 Å². The van der Waals surface area contributed by atoms with Crippen LogP contribution in [0, 0.1) is 5.92 Å². The summed E-state index contributed by atoms with van der Waals surface area (Å²) in [5.41, 5.74) is 5.21. The lowest BCUT2D eigenvalue weighted by molar-refractivity contribution is -0.137. The molecule has 118 valence electrons. The Kier molecular flexibility index (Phi) is 4.73. The Bertz CT molecular complexity index is 504. The Morgan fingerprint density at radius 3 is 2.62 bits per heavy atom. The summed E-state index contributed by atoms with van der Waals surface area (Å²) in [6, 6.07) is 3.56. The summed E-state index contributed by atoms with van der Waals surface area (Å²) in [6.45, 7) is 2.48. The molecule has 0 heterocycles. The van der Waals surface area contributed by atoms with Crippen molar-refractivity contribution >= 4 is 17.3 Å². The molecule has 1 aliphatic rings. The van der Waals surface area contributed by atoms with Gasteiger partial charge >= 0.3 is 6.18 Å². The van der Waals surface area contributed by atoms with E-state index in [1.165, 1.54) is 6.07 Å². The van der Waals surface area contributed by atoms with Crippen LogP contribution in [-0.4, -0.2) is 12.1 Å². The van der Waals surface area contributed by atoms with Gasteiger partial charge in [-0.15, -0.1) is 0 Å². The molecule has 21 heavy (non-hydrogen) atoms. The zero-order valence-corrected chi connectivity index (χ0v) is 12.7. The van der Waals surface area contributed by atoms with E-state index in [1.54, 1.807) is 0 Å². The average molecular weight is 321 g/mol. The van der Waals surface area contributed by atoms with Crippen LogP contribution in [0.2, 0.25) is 5.02 Å². The maximum Gasteiger partial charge on any atom is 0.416 e. The van der Waals surface area contributed by atoms with Crippen LogP contribution in [0.15, 0.2) is 18.2 Å².